The van der Waals surface area contributed by atoms with Crippen LogP contribution in [-0.2, 0) is 14.3 Å². The maximum Gasteiger partial charge on any atom is 0.516 e. The second kappa shape index (κ2) is 8.42. The molecule has 0 heterocycles. The van der Waals surface area contributed by atoms with Gasteiger partial charge >= 0.3 is 12.1 Å². The molecule has 0 spiro atoms. The van der Waals surface area contributed by atoms with Crippen LogP contribution in [0, 0.1) is 11.7 Å². The summed E-state index contributed by atoms with van der Waals surface area (Å²) in [5, 5.41) is 0. The van der Waals surface area contributed by atoms with E-state index in [9.17, 15) is 14.0 Å². The van der Waals surface area contributed by atoms with Gasteiger partial charge in [-0.1, -0.05) is 56.3 Å². The second-order valence-electron chi connectivity index (χ2n) is 6.20. The summed E-state index contributed by atoms with van der Waals surface area (Å²) in [5.74, 6) is -1.86. The van der Waals surface area contributed by atoms with Gasteiger partial charge in [-0.05, 0) is 30.0 Å². The third kappa shape index (κ3) is 5.14. The van der Waals surface area contributed by atoms with Crippen molar-refractivity contribution in [1.82, 2.24) is 0 Å². The van der Waals surface area contributed by atoms with Crippen molar-refractivity contribution in [3.05, 3.63) is 59.9 Å². The van der Waals surface area contributed by atoms with E-state index >= 15 is 0 Å². The van der Waals surface area contributed by atoms with Gasteiger partial charge in [0.15, 0.2) is 0 Å². The SMILES string of the molecule is CC(C)COC(=O)OC(=O)[C@@H](C)c1ccc(-c2ccccc2)c(F)c1. The number of hydrogen-bond acceptors (Lipinski definition) is 4. The zero-order valence-corrected chi connectivity index (χ0v) is 14.5. The predicted molar refractivity (Wildman–Crippen MR) is 92.5 cm³/mol. The highest BCUT2D eigenvalue weighted by Crippen LogP contribution is 2.26. The lowest BCUT2D eigenvalue weighted by Gasteiger charge is -2.13. The van der Waals surface area contributed by atoms with Crippen LogP contribution in [0.4, 0.5) is 9.18 Å². The fourth-order valence-electron chi connectivity index (χ4n) is 2.22. The van der Waals surface area contributed by atoms with E-state index in [1.165, 1.54) is 6.07 Å². The van der Waals surface area contributed by atoms with Gasteiger partial charge in [0.05, 0.1) is 12.5 Å². The molecule has 2 aromatic rings. The van der Waals surface area contributed by atoms with E-state index in [0.29, 0.717) is 11.1 Å². The Morgan fingerprint density at radius 2 is 1.72 bits per heavy atom. The summed E-state index contributed by atoms with van der Waals surface area (Å²) in [7, 11) is 0. The predicted octanol–water partition coefficient (Wildman–Crippen LogP) is 4.93. The van der Waals surface area contributed by atoms with Crippen molar-refractivity contribution < 1.29 is 23.5 Å². The molecule has 25 heavy (non-hydrogen) atoms. The summed E-state index contributed by atoms with van der Waals surface area (Å²) in [6, 6.07) is 13.7. The molecule has 0 saturated heterocycles. The molecular weight excluding hydrogens is 323 g/mol. The largest absolute Gasteiger partial charge is 0.516 e. The highest BCUT2D eigenvalue weighted by atomic mass is 19.1. The number of rotatable bonds is 5. The van der Waals surface area contributed by atoms with Crippen LogP contribution in [0.25, 0.3) is 11.1 Å². The van der Waals surface area contributed by atoms with Crippen molar-refractivity contribution in [3.63, 3.8) is 0 Å². The Morgan fingerprint density at radius 1 is 1.04 bits per heavy atom. The summed E-state index contributed by atoms with van der Waals surface area (Å²) in [6.07, 6.45) is -1.04. The van der Waals surface area contributed by atoms with Crippen LogP contribution in [0.2, 0.25) is 0 Å². The summed E-state index contributed by atoms with van der Waals surface area (Å²) in [4.78, 5) is 23.5. The number of benzene rings is 2. The Kier molecular flexibility index (Phi) is 6.28. The van der Waals surface area contributed by atoms with E-state index < -0.39 is 23.9 Å². The molecule has 0 unspecified atom stereocenters. The monoisotopic (exact) mass is 344 g/mol. The fraction of sp³-hybridized carbons (Fsp3) is 0.300. The number of ether oxygens (including phenoxy) is 2. The first-order valence-corrected chi connectivity index (χ1v) is 8.11. The molecule has 2 rings (SSSR count). The molecule has 0 aromatic heterocycles. The summed E-state index contributed by atoms with van der Waals surface area (Å²) < 4.78 is 23.8. The fourth-order valence-corrected chi connectivity index (χ4v) is 2.22. The van der Waals surface area contributed by atoms with Crippen molar-refractivity contribution in [2.45, 2.75) is 26.7 Å². The van der Waals surface area contributed by atoms with Crippen LogP contribution in [0.3, 0.4) is 0 Å². The second-order valence-corrected chi connectivity index (χ2v) is 6.20. The lowest BCUT2D eigenvalue weighted by Crippen LogP contribution is -2.20. The first-order valence-electron chi connectivity index (χ1n) is 8.11. The van der Waals surface area contributed by atoms with E-state index in [4.69, 9.17) is 4.74 Å². The van der Waals surface area contributed by atoms with Crippen LogP contribution in [-0.4, -0.2) is 18.7 Å². The highest BCUT2D eigenvalue weighted by molar-refractivity contribution is 5.86. The quantitative estimate of drug-likeness (QED) is 0.570. The van der Waals surface area contributed by atoms with Crippen molar-refractivity contribution in [1.29, 1.82) is 0 Å². The van der Waals surface area contributed by atoms with Crippen molar-refractivity contribution >= 4 is 12.1 Å². The summed E-state index contributed by atoms with van der Waals surface area (Å²) in [5.41, 5.74) is 1.62. The van der Waals surface area contributed by atoms with E-state index in [1.807, 2.05) is 32.0 Å². The maximum atomic E-state index is 14.4. The molecule has 1 atom stereocenters. The van der Waals surface area contributed by atoms with Gasteiger partial charge in [-0.3, -0.25) is 4.79 Å². The van der Waals surface area contributed by atoms with Gasteiger partial charge in [0.1, 0.15) is 5.82 Å². The zero-order chi connectivity index (χ0) is 18.4. The summed E-state index contributed by atoms with van der Waals surface area (Å²) in [6.45, 7) is 5.46. The van der Waals surface area contributed by atoms with Gasteiger partial charge in [-0.2, -0.15) is 0 Å². The van der Waals surface area contributed by atoms with Crippen LogP contribution < -0.4 is 0 Å². The number of esters is 1. The first-order chi connectivity index (χ1) is 11.9. The van der Waals surface area contributed by atoms with Crippen LogP contribution in [0.15, 0.2) is 48.5 Å². The molecule has 0 aliphatic carbocycles. The molecule has 0 fully saturated rings. The van der Waals surface area contributed by atoms with Gasteiger partial charge in [0.2, 0.25) is 0 Å². The highest BCUT2D eigenvalue weighted by Gasteiger charge is 2.22. The normalized spacial score (nSPS) is 11.9. The first kappa shape index (κ1) is 18.6. The molecule has 4 nitrogen and oxygen atoms in total. The number of carbonyl (C=O) groups is 2. The topological polar surface area (TPSA) is 52.6 Å². The lowest BCUT2D eigenvalue weighted by molar-refractivity contribution is -0.141. The Morgan fingerprint density at radius 3 is 2.32 bits per heavy atom. The van der Waals surface area contributed by atoms with Crippen LogP contribution >= 0.6 is 0 Å². The van der Waals surface area contributed by atoms with Gasteiger partial charge in [0, 0.05) is 5.56 Å². The molecule has 0 radical (unpaired) electrons. The molecule has 0 aliphatic rings. The molecular formula is C20H21FO4. The van der Waals surface area contributed by atoms with Crippen molar-refractivity contribution in [3.8, 4) is 11.1 Å². The lowest BCUT2D eigenvalue weighted by atomic mass is 9.97. The average molecular weight is 344 g/mol. The van der Waals surface area contributed by atoms with Gasteiger partial charge in [0.25, 0.3) is 0 Å². The third-order valence-electron chi connectivity index (χ3n) is 3.65. The number of carbonyl (C=O) groups excluding carboxylic acids is 2. The van der Waals surface area contributed by atoms with Crippen molar-refractivity contribution in [2.75, 3.05) is 6.61 Å². The number of hydrogen-bond donors (Lipinski definition) is 0. The molecule has 0 aliphatic heterocycles. The minimum absolute atomic E-state index is 0.139. The Balaban J connectivity index is 2.07. The van der Waals surface area contributed by atoms with Crippen LogP contribution in [0.1, 0.15) is 32.3 Å². The standard InChI is InChI=1S/C20H21FO4/c1-13(2)12-24-20(23)25-19(22)14(3)16-9-10-17(18(21)11-16)15-7-5-4-6-8-15/h4-11,13-14H,12H2,1-3H3/t14-/m0/s1. The van der Waals surface area contributed by atoms with Crippen LogP contribution in [0.5, 0.6) is 0 Å². The average Bonchev–Trinajstić information content (AvgIpc) is 2.60. The number of halogens is 1. The smallest absolute Gasteiger partial charge is 0.434 e. The molecule has 5 heteroatoms. The van der Waals surface area contributed by atoms with E-state index in [-0.39, 0.29) is 12.5 Å². The minimum atomic E-state index is -1.04. The summed E-state index contributed by atoms with van der Waals surface area (Å²) >= 11 is 0. The molecule has 2 aromatic carbocycles. The Labute approximate surface area is 146 Å². The van der Waals surface area contributed by atoms with E-state index in [2.05, 4.69) is 4.74 Å². The molecule has 0 saturated carbocycles. The molecule has 0 bridgehead atoms. The molecule has 0 amide bonds. The zero-order valence-electron chi connectivity index (χ0n) is 14.5. The van der Waals surface area contributed by atoms with E-state index in [1.54, 1.807) is 31.2 Å². The maximum absolute atomic E-state index is 14.4. The molecule has 132 valence electrons. The van der Waals surface area contributed by atoms with Gasteiger partial charge in [-0.25, -0.2) is 9.18 Å². The third-order valence-corrected chi connectivity index (χ3v) is 3.65. The molecule has 0 N–H and O–H groups in total. The van der Waals surface area contributed by atoms with Gasteiger partial charge < -0.3 is 9.47 Å². The van der Waals surface area contributed by atoms with E-state index in [0.717, 1.165) is 5.56 Å². The minimum Gasteiger partial charge on any atom is -0.434 e. The Hall–Kier alpha value is -2.69. The van der Waals surface area contributed by atoms with Gasteiger partial charge in [-0.15, -0.1) is 0 Å². The van der Waals surface area contributed by atoms with Crippen molar-refractivity contribution in [2.24, 2.45) is 5.92 Å². The Bertz CT molecular complexity index is 741.